The lowest BCUT2D eigenvalue weighted by Gasteiger charge is -2.14. The summed E-state index contributed by atoms with van der Waals surface area (Å²) in [7, 11) is 0. The van der Waals surface area contributed by atoms with Crippen molar-refractivity contribution in [3.05, 3.63) is 83.2 Å². The fraction of sp³-hybridized carbons (Fsp3) is 0. The standard InChI is InChI=1S/C20H12FNO2S2/c21-14-7-4-8-15(11-14)22-19(23)18(26-20(22)25)12-16-9-10-17(24-16)13-5-2-1-3-6-13/h1-12H/b18-12+. The summed E-state index contributed by atoms with van der Waals surface area (Å²) in [6.07, 6.45) is 1.66. The van der Waals surface area contributed by atoms with Gasteiger partial charge in [-0.25, -0.2) is 4.39 Å². The first-order chi connectivity index (χ1) is 12.6. The summed E-state index contributed by atoms with van der Waals surface area (Å²) in [6, 6.07) is 19.2. The highest BCUT2D eigenvalue weighted by Gasteiger charge is 2.33. The molecule has 3 nitrogen and oxygen atoms in total. The van der Waals surface area contributed by atoms with E-state index in [2.05, 4.69) is 0 Å². The smallest absolute Gasteiger partial charge is 0.270 e. The lowest BCUT2D eigenvalue weighted by molar-refractivity contribution is -0.113. The molecule has 1 amide bonds. The van der Waals surface area contributed by atoms with Gasteiger partial charge in [-0.2, -0.15) is 0 Å². The Balaban J connectivity index is 1.62. The molecule has 0 unspecified atom stereocenters. The van der Waals surface area contributed by atoms with Crippen LogP contribution in [0.3, 0.4) is 0 Å². The third-order valence-electron chi connectivity index (χ3n) is 3.82. The molecule has 0 bridgehead atoms. The van der Waals surface area contributed by atoms with Crippen molar-refractivity contribution in [1.82, 2.24) is 0 Å². The SMILES string of the molecule is O=C1/C(=C\c2ccc(-c3ccccc3)o2)SC(=S)N1c1cccc(F)c1. The van der Waals surface area contributed by atoms with Crippen molar-refractivity contribution in [3.63, 3.8) is 0 Å². The van der Waals surface area contributed by atoms with Crippen molar-refractivity contribution >= 4 is 46.0 Å². The molecular formula is C20H12FNO2S2. The molecule has 26 heavy (non-hydrogen) atoms. The van der Waals surface area contributed by atoms with Crippen LogP contribution in [0.5, 0.6) is 0 Å². The van der Waals surface area contributed by atoms with E-state index in [0.717, 1.165) is 11.3 Å². The van der Waals surface area contributed by atoms with Gasteiger partial charge in [0, 0.05) is 11.6 Å². The molecule has 1 aliphatic heterocycles. The van der Waals surface area contributed by atoms with E-state index in [1.54, 1.807) is 24.3 Å². The molecule has 0 saturated carbocycles. The Kier molecular flexibility index (Phi) is 4.44. The first-order valence-electron chi connectivity index (χ1n) is 7.80. The lowest BCUT2D eigenvalue weighted by atomic mass is 10.2. The molecule has 6 heteroatoms. The summed E-state index contributed by atoms with van der Waals surface area (Å²) in [5.74, 6) is 0.573. The molecule has 0 aliphatic carbocycles. The van der Waals surface area contributed by atoms with E-state index in [9.17, 15) is 9.18 Å². The van der Waals surface area contributed by atoms with Crippen LogP contribution < -0.4 is 4.90 Å². The minimum absolute atomic E-state index is 0.289. The predicted molar refractivity (Wildman–Crippen MR) is 106 cm³/mol. The third kappa shape index (κ3) is 3.21. The lowest BCUT2D eigenvalue weighted by Crippen LogP contribution is -2.27. The van der Waals surface area contributed by atoms with Crippen LogP contribution in [-0.2, 0) is 4.79 Å². The molecule has 2 aromatic carbocycles. The quantitative estimate of drug-likeness (QED) is 0.444. The number of rotatable bonds is 3. The van der Waals surface area contributed by atoms with Crippen molar-refractivity contribution in [3.8, 4) is 11.3 Å². The molecule has 0 spiro atoms. The zero-order valence-corrected chi connectivity index (χ0v) is 15.0. The number of carbonyl (C=O) groups is 1. The summed E-state index contributed by atoms with van der Waals surface area (Å²) >= 11 is 6.46. The van der Waals surface area contributed by atoms with E-state index in [0.29, 0.717) is 20.7 Å². The van der Waals surface area contributed by atoms with Gasteiger partial charge in [-0.05, 0) is 30.3 Å². The Bertz CT molecular complexity index is 1030. The van der Waals surface area contributed by atoms with Gasteiger partial charge in [-0.1, -0.05) is 60.4 Å². The maximum absolute atomic E-state index is 13.5. The number of furan rings is 1. The van der Waals surface area contributed by atoms with Crippen molar-refractivity contribution in [2.75, 3.05) is 4.90 Å². The molecule has 0 N–H and O–H groups in total. The second-order valence-electron chi connectivity index (χ2n) is 5.57. The van der Waals surface area contributed by atoms with Gasteiger partial charge < -0.3 is 4.42 Å². The normalized spacial score (nSPS) is 15.9. The fourth-order valence-electron chi connectivity index (χ4n) is 2.62. The molecule has 128 valence electrons. The number of amides is 1. The molecule has 2 heterocycles. The van der Waals surface area contributed by atoms with Crippen LogP contribution in [0.4, 0.5) is 10.1 Å². The average molecular weight is 381 g/mol. The van der Waals surface area contributed by atoms with Crippen molar-refractivity contribution in [2.45, 2.75) is 0 Å². The second kappa shape index (κ2) is 6.90. The number of anilines is 1. The largest absolute Gasteiger partial charge is 0.457 e. The number of thioether (sulfide) groups is 1. The first-order valence-corrected chi connectivity index (χ1v) is 9.03. The van der Waals surface area contributed by atoms with Crippen LogP contribution in [0, 0.1) is 5.82 Å². The van der Waals surface area contributed by atoms with Crippen LogP contribution in [-0.4, -0.2) is 10.2 Å². The highest BCUT2D eigenvalue weighted by atomic mass is 32.2. The number of thiocarbonyl (C=S) groups is 1. The van der Waals surface area contributed by atoms with E-state index in [4.69, 9.17) is 16.6 Å². The molecule has 1 aliphatic rings. The monoisotopic (exact) mass is 381 g/mol. The summed E-state index contributed by atoms with van der Waals surface area (Å²) in [5, 5.41) is 0. The minimum atomic E-state index is -0.418. The molecule has 1 saturated heterocycles. The Labute approximate surface area is 159 Å². The summed E-state index contributed by atoms with van der Waals surface area (Å²) in [6.45, 7) is 0. The maximum atomic E-state index is 13.5. The summed E-state index contributed by atoms with van der Waals surface area (Å²) in [5.41, 5.74) is 1.37. The summed E-state index contributed by atoms with van der Waals surface area (Å²) in [4.78, 5) is 14.5. The number of benzene rings is 2. The molecule has 1 fully saturated rings. The Morgan fingerprint density at radius 3 is 2.62 bits per heavy atom. The Hall–Kier alpha value is -2.70. The van der Waals surface area contributed by atoms with E-state index in [-0.39, 0.29) is 5.91 Å². The number of halogens is 1. The molecule has 4 rings (SSSR count). The van der Waals surface area contributed by atoms with Gasteiger partial charge in [0.2, 0.25) is 0 Å². The fourth-order valence-corrected chi connectivity index (χ4v) is 3.90. The zero-order chi connectivity index (χ0) is 18.1. The number of hydrogen-bond donors (Lipinski definition) is 0. The van der Waals surface area contributed by atoms with E-state index in [1.165, 1.54) is 28.8 Å². The number of nitrogens with zero attached hydrogens (tertiary/aromatic N) is 1. The third-order valence-corrected chi connectivity index (χ3v) is 5.12. The van der Waals surface area contributed by atoms with Crippen LogP contribution in [0.1, 0.15) is 5.76 Å². The van der Waals surface area contributed by atoms with Crippen molar-refractivity contribution in [2.24, 2.45) is 0 Å². The topological polar surface area (TPSA) is 33.5 Å². The van der Waals surface area contributed by atoms with Gasteiger partial charge in [-0.3, -0.25) is 9.69 Å². The van der Waals surface area contributed by atoms with E-state index < -0.39 is 5.82 Å². The van der Waals surface area contributed by atoms with Gasteiger partial charge in [0.05, 0.1) is 10.6 Å². The van der Waals surface area contributed by atoms with E-state index in [1.807, 2.05) is 36.4 Å². The van der Waals surface area contributed by atoms with Gasteiger partial charge in [0.25, 0.3) is 5.91 Å². The molecular weight excluding hydrogens is 369 g/mol. The van der Waals surface area contributed by atoms with Gasteiger partial charge in [-0.15, -0.1) is 0 Å². The minimum Gasteiger partial charge on any atom is -0.457 e. The Morgan fingerprint density at radius 2 is 1.85 bits per heavy atom. The van der Waals surface area contributed by atoms with Crippen molar-refractivity contribution < 1.29 is 13.6 Å². The van der Waals surface area contributed by atoms with Crippen LogP contribution in [0.2, 0.25) is 0 Å². The highest BCUT2D eigenvalue weighted by molar-refractivity contribution is 8.27. The highest BCUT2D eigenvalue weighted by Crippen LogP contribution is 2.36. The first kappa shape index (κ1) is 16.8. The van der Waals surface area contributed by atoms with Crippen LogP contribution >= 0.6 is 24.0 Å². The molecule has 0 atom stereocenters. The predicted octanol–water partition coefficient (Wildman–Crippen LogP) is 5.49. The van der Waals surface area contributed by atoms with Gasteiger partial charge >= 0.3 is 0 Å². The van der Waals surface area contributed by atoms with E-state index >= 15 is 0 Å². The van der Waals surface area contributed by atoms with Gasteiger partial charge in [0.15, 0.2) is 4.32 Å². The summed E-state index contributed by atoms with van der Waals surface area (Å²) < 4.78 is 19.6. The average Bonchev–Trinajstić information content (AvgIpc) is 3.21. The molecule has 1 aromatic heterocycles. The molecule has 3 aromatic rings. The Morgan fingerprint density at radius 1 is 1.04 bits per heavy atom. The molecule has 0 radical (unpaired) electrons. The van der Waals surface area contributed by atoms with Crippen LogP contribution in [0.15, 0.2) is 76.1 Å². The van der Waals surface area contributed by atoms with Crippen LogP contribution in [0.25, 0.3) is 17.4 Å². The zero-order valence-electron chi connectivity index (χ0n) is 13.4. The number of hydrogen-bond acceptors (Lipinski definition) is 4. The van der Waals surface area contributed by atoms with Gasteiger partial charge in [0.1, 0.15) is 17.3 Å². The maximum Gasteiger partial charge on any atom is 0.270 e. The number of carbonyl (C=O) groups excluding carboxylic acids is 1. The van der Waals surface area contributed by atoms with Crippen molar-refractivity contribution in [1.29, 1.82) is 0 Å². The second-order valence-corrected chi connectivity index (χ2v) is 7.24.